The highest BCUT2D eigenvalue weighted by Crippen LogP contribution is 2.69. The van der Waals surface area contributed by atoms with Crippen molar-refractivity contribution < 1.29 is 19.5 Å². The third-order valence-corrected chi connectivity index (χ3v) is 16.5. The maximum Gasteiger partial charge on any atom is 0.306 e. The number of benzene rings is 1. The molecule has 0 radical (unpaired) electrons. The van der Waals surface area contributed by atoms with E-state index in [9.17, 15) is 14.7 Å². The lowest BCUT2D eigenvalue weighted by Crippen LogP contribution is -2.58. The van der Waals surface area contributed by atoms with Gasteiger partial charge in [-0.3, -0.25) is 14.4 Å². The van der Waals surface area contributed by atoms with Crippen molar-refractivity contribution in [1.82, 2.24) is 9.80 Å². The summed E-state index contributed by atoms with van der Waals surface area (Å²) in [5.41, 5.74) is 6.45. The van der Waals surface area contributed by atoms with Gasteiger partial charge in [-0.15, -0.1) is 0 Å². The fourth-order valence-electron chi connectivity index (χ4n) is 13.5. The van der Waals surface area contributed by atoms with Gasteiger partial charge in [-0.2, -0.15) is 0 Å². The molecule has 3 saturated carbocycles. The van der Waals surface area contributed by atoms with E-state index in [4.69, 9.17) is 11.6 Å². The molecule has 1 aromatic rings. The Bertz CT molecular complexity index is 1770. The summed E-state index contributed by atoms with van der Waals surface area (Å²) < 4.78 is 0. The summed E-state index contributed by atoms with van der Waals surface area (Å²) in [4.78, 5) is 45.4. The Kier molecular flexibility index (Phi) is 11.2. The van der Waals surface area contributed by atoms with Crippen molar-refractivity contribution >= 4 is 29.3 Å². The van der Waals surface area contributed by atoms with Crippen molar-refractivity contribution in [2.45, 2.75) is 112 Å². The van der Waals surface area contributed by atoms with Crippen LogP contribution in [0.25, 0.3) is 0 Å². The molecule has 3 unspecified atom stereocenters. The van der Waals surface area contributed by atoms with Gasteiger partial charge in [0.25, 0.3) is 0 Å². The van der Waals surface area contributed by atoms with Gasteiger partial charge in [-0.05, 0) is 165 Å². The van der Waals surface area contributed by atoms with Crippen LogP contribution < -0.4 is 0 Å². The number of halogens is 1. The van der Waals surface area contributed by atoms with Crippen LogP contribution in [0.2, 0.25) is 5.02 Å². The van der Waals surface area contributed by atoms with E-state index in [2.05, 4.69) is 96.6 Å². The van der Waals surface area contributed by atoms with Crippen molar-refractivity contribution in [1.29, 1.82) is 0 Å². The zero-order valence-electron chi connectivity index (χ0n) is 35.0. The van der Waals surface area contributed by atoms with E-state index in [0.717, 1.165) is 49.8 Å². The minimum atomic E-state index is -0.670. The summed E-state index contributed by atoms with van der Waals surface area (Å²) >= 11 is 6.31. The van der Waals surface area contributed by atoms with Crippen LogP contribution in [0.5, 0.6) is 0 Å². The third-order valence-electron chi connectivity index (χ3n) is 16.3. The number of nitrogens with zero attached hydrogens (tertiary/aromatic N) is 2. The van der Waals surface area contributed by atoms with Gasteiger partial charge < -0.3 is 14.9 Å². The van der Waals surface area contributed by atoms with Crippen LogP contribution in [0.4, 0.5) is 0 Å². The van der Waals surface area contributed by atoms with Crippen LogP contribution in [0.15, 0.2) is 58.7 Å². The number of likely N-dealkylation sites (N-methyl/N-ethyl adjacent to an activating group) is 1. The van der Waals surface area contributed by atoms with Crippen molar-refractivity contribution in [3.05, 3.63) is 69.3 Å². The predicted molar refractivity (Wildman–Crippen MR) is 221 cm³/mol. The quantitative estimate of drug-likeness (QED) is 0.271. The average molecular weight is 772 g/mol. The van der Waals surface area contributed by atoms with Crippen LogP contribution in [0.3, 0.4) is 0 Å². The minimum absolute atomic E-state index is 0.00284. The summed E-state index contributed by atoms with van der Waals surface area (Å²) in [6.07, 6.45) is 13.0. The second-order valence-corrected chi connectivity index (χ2v) is 20.4. The first-order chi connectivity index (χ1) is 25.9. The molecular formula is C48H67ClN2O4. The number of Topliss-reactive ketones (excluding diaryl/α,β-unsaturated/α-hetero) is 1. The first-order valence-electron chi connectivity index (χ1n) is 21.6. The van der Waals surface area contributed by atoms with Gasteiger partial charge in [-0.25, -0.2) is 0 Å². The first kappa shape index (κ1) is 40.5. The Balaban J connectivity index is 1.24. The summed E-state index contributed by atoms with van der Waals surface area (Å²) in [6, 6.07) is 7.84. The van der Waals surface area contributed by atoms with E-state index < -0.39 is 5.97 Å². The molecule has 6 nitrogen and oxygen atoms in total. The molecule has 1 amide bonds. The number of hydrogen-bond donors (Lipinski definition) is 1. The number of fused-ring (bicyclic) bond motifs is 7. The van der Waals surface area contributed by atoms with E-state index in [1.807, 2.05) is 12.1 Å². The number of amides is 1. The van der Waals surface area contributed by atoms with E-state index in [1.165, 1.54) is 29.6 Å². The Morgan fingerprint density at radius 2 is 1.65 bits per heavy atom. The van der Waals surface area contributed by atoms with E-state index in [0.29, 0.717) is 59.9 Å². The van der Waals surface area contributed by atoms with Gasteiger partial charge in [-0.1, -0.05) is 83.0 Å². The lowest BCUT2D eigenvalue weighted by atomic mass is 9.40. The van der Waals surface area contributed by atoms with Gasteiger partial charge in [0.1, 0.15) is 0 Å². The molecule has 0 aromatic heterocycles. The number of carboxylic acid groups (broad SMARTS) is 1. The molecule has 3 fully saturated rings. The third kappa shape index (κ3) is 7.02. The van der Waals surface area contributed by atoms with Crippen LogP contribution in [-0.4, -0.2) is 59.8 Å². The van der Waals surface area contributed by atoms with Gasteiger partial charge in [0.05, 0.1) is 12.0 Å². The number of allylic oxidation sites excluding steroid dienone is 6. The fraction of sp³-hybridized carbons (Fsp3) is 0.688. The average Bonchev–Trinajstić information content (AvgIpc) is 3.49. The van der Waals surface area contributed by atoms with Crippen molar-refractivity contribution in [2.24, 2.45) is 70.0 Å². The first-order valence-corrected chi connectivity index (χ1v) is 22.0. The van der Waals surface area contributed by atoms with E-state index in [-0.39, 0.29) is 52.2 Å². The molecule has 7 rings (SSSR count). The Hall–Kier alpha value is -2.70. The normalized spacial score (nSPS) is 36.0. The van der Waals surface area contributed by atoms with Gasteiger partial charge >= 0.3 is 5.97 Å². The number of hydrogen-bond acceptors (Lipinski definition) is 4. The molecule has 55 heavy (non-hydrogen) atoms. The number of carbonyl (C=O) groups excluding carboxylic acids is 2. The van der Waals surface area contributed by atoms with Crippen LogP contribution in [0.1, 0.15) is 118 Å². The number of carboxylic acids is 1. The monoisotopic (exact) mass is 770 g/mol. The Morgan fingerprint density at radius 1 is 0.945 bits per heavy atom. The molecule has 0 saturated heterocycles. The Morgan fingerprint density at radius 3 is 2.27 bits per heavy atom. The number of aliphatic carboxylic acids is 1. The molecule has 0 aliphatic heterocycles. The zero-order valence-corrected chi connectivity index (χ0v) is 35.8. The molecule has 1 N–H and O–H groups in total. The molecule has 0 spiro atoms. The molecule has 300 valence electrons. The van der Waals surface area contributed by atoms with Crippen LogP contribution in [0, 0.1) is 70.0 Å². The highest BCUT2D eigenvalue weighted by molar-refractivity contribution is 6.30. The van der Waals surface area contributed by atoms with Gasteiger partial charge in [0, 0.05) is 30.5 Å². The summed E-state index contributed by atoms with van der Waals surface area (Å²) in [5, 5.41) is 10.4. The molecule has 11 atom stereocenters. The van der Waals surface area contributed by atoms with E-state index in [1.54, 1.807) is 0 Å². The summed E-state index contributed by atoms with van der Waals surface area (Å²) in [6.45, 7) is 17.9. The SMILES string of the molecule is CC(C)C1=C2C(CC1=O)[C@@H](C(=O)N(CCN(C)C)[C@H](C)c1ccc(Cl)cc1)C[C@@H]1[C@@H]2CC[C@@H]2C3[C@H](C)C=C(C4=CCC(C(=O)O)CC4)C(C)(C)[C@@H]3CC[C@]21C. The smallest absolute Gasteiger partial charge is 0.306 e. The lowest BCUT2D eigenvalue weighted by Gasteiger charge is -2.65. The standard InChI is InChI=1S/C48H67ClN2O4/c1-27(2)42-41(52)26-35-36(45(53)51(23-22-50(8)9)29(4)30-14-16-33(49)17-15-30)25-40-34(44(35)42)18-19-38-43-28(3)24-39(31-10-12-32(13-11-31)46(54)55)47(5,6)37(43)20-21-48(38,40)7/h10,14-17,24,27-29,32,34-38,40,43H,11-13,18-23,25-26H2,1-9H3,(H,54,55)/t28-,29-,32?,34+,35?,36+,37-,38-,40-,43?,48-/m1/s1. The topological polar surface area (TPSA) is 77.9 Å². The molecule has 6 aliphatic carbocycles. The second-order valence-electron chi connectivity index (χ2n) is 20.0. The maximum absolute atomic E-state index is 15.4. The van der Waals surface area contributed by atoms with Crippen molar-refractivity contribution in [3.63, 3.8) is 0 Å². The summed E-state index contributed by atoms with van der Waals surface area (Å²) in [5.74, 6) is 2.35. The Labute approximate surface area is 336 Å². The number of rotatable bonds is 9. The number of ketones is 1. The zero-order chi connectivity index (χ0) is 39.7. The molecule has 7 heteroatoms. The fourth-order valence-corrected chi connectivity index (χ4v) is 13.6. The molecule has 1 aromatic carbocycles. The second kappa shape index (κ2) is 15.2. The highest BCUT2D eigenvalue weighted by atomic mass is 35.5. The molecule has 0 bridgehead atoms. The molecule has 6 aliphatic rings. The van der Waals surface area contributed by atoms with Crippen LogP contribution >= 0.6 is 11.6 Å². The lowest BCUT2D eigenvalue weighted by molar-refractivity contribution is -0.150. The van der Waals surface area contributed by atoms with Crippen molar-refractivity contribution in [3.8, 4) is 0 Å². The van der Waals surface area contributed by atoms with Crippen LogP contribution in [-0.2, 0) is 14.4 Å². The molecular weight excluding hydrogens is 704 g/mol. The van der Waals surface area contributed by atoms with E-state index >= 15 is 4.79 Å². The van der Waals surface area contributed by atoms with Gasteiger partial charge in [0.15, 0.2) is 5.78 Å². The minimum Gasteiger partial charge on any atom is -0.481 e. The predicted octanol–water partition coefficient (Wildman–Crippen LogP) is 10.4. The van der Waals surface area contributed by atoms with Crippen molar-refractivity contribution in [2.75, 3.05) is 27.2 Å². The maximum atomic E-state index is 15.4. The summed E-state index contributed by atoms with van der Waals surface area (Å²) in [7, 11) is 4.14. The van der Waals surface area contributed by atoms with Gasteiger partial charge in [0.2, 0.25) is 5.91 Å². The largest absolute Gasteiger partial charge is 0.481 e. The highest BCUT2D eigenvalue weighted by Gasteiger charge is 2.63. The number of carbonyl (C=O) groups is 3. The molecule has 0 heterocycles.